The molecule has 0 aromatic rings. The molecule has 0 saturated heterocycles. The first-order valence-electron chi connectivity index (χ1n) is 5.55. The summed E-state index contributed by atoms with van der Waals surface area (Å²) < 4.78 is 0. The maximum absolute atomic E-state index is 11.6. The van der Waals surface area contributed by atoms with E-state index in [2.05, 4.69) is 10.2 Å². The molecule has 0 aliphatic carbocycles. The minimum Gasteiger partial charge on any atom is -0.480 e. The minimum atomic E-state index is -1.03. The highest BCUT2D eigenvalue weighted by Gasteiger charge is 2.37. The van der Waals surface area contributed by atoms with Crippen LogP contribution in [0.2, 0.25) is 0 Å². The lowest BCUT2D eigenvalue weighted by Crippen LogP contribution is -2.34. The second-order valence-corrected chi connectivity index (χ2v) is 4.54. The average molecular weight is 242 g/mol. The summed E-state index contributed by atoms with van der Waals surface area (Å²) >= 11 is 0. The number of nitrogens with two attached hydrogens (primary N) is 2. The average Bonchev–Trinajstić information content (AvgIpc) is 2.95. The summed E-state index contributed by atoms with van der Waals surface area (Å²) in [6, 6.07) is -1.47. The monoisotopic (exact) mass is 242 g/mol. The molecule has 1 heterocycles. The van der Waals surface area contributed by atoms with Gasteiger partial charge in [0.15, 0.2) is 11.4 Å². The van der Waals surface area contributed by atoms with Crippen LogP contribution in [0.15, 0.2) is 10.2 Å². The molecule has 0 aromatic heterocycles. The molecule has 2 atom stereocenters. The van der Waals surface area contributed by atoms with E-state index in [-0.39, 0.29) is 12.2 Å². The molecule has 5 N–H and O–H groups in total. The molecule has 1 aliphatic heterocycles. The summed E-state index contributed by atoms with van der Waals surface area (Å²) in [5.41, 5.74) is 10.5. The third-order valence-corrected chi connectivity index (χ3v) is 2.71. The SMILES string of the molecule is CC1(CC(=O)C(N)CCC[C@H](N)C(=O)O)N=N1. The van der Waals surface area contributed by atoms with Crippen LogP contribution in [0.3, 0.4) is 0 Å². The zero-order valence-corrected chi connectivity index (χ0v) is 9.80. The maximum atomic E-state index is 11.6. The number of carboxylic acid groups (broad SMARTS) is 1. The van der Waals surface area contributed by atoms with Crippen molar-refractivity contribution in [3.63, 3.8) is 0 Å². The van der Waals surface area contributed by atoms with Gasteiger partial charge in [-0.1, -0.05) is 0 Å². The molecule has 0 saturated carbocycles. The Morgan fingerprint density at radius 3 is 2.24 bits per heavy atom. The molecule has 7 nitrogen and oxygen atoms in total. The standard InChI is InChI=1S/C10H18N4O3/c1-10(13-14-10)5-8(15)6(11)3-2-4-7(12)9(16)17/h6-7H,2-5,11-12H2,1H3,(H,16,17)/t6?,7-/m0/s1. The number of nitrogens with zero attached hydrogens (tertiary/aromatic N) is 2. The van der Waals surface area contributed by atoms with Crippen molar-refractivity contribution >= 4 is 11.8 Å². The first-order chi connectivity index (χ1) is 7.84. The molecule has 0 spiro atoms. The van der Waals surface area contributed by atoms with Gasteiger partial charge in [0, 0.05) is 0 Å². The van der Waals surface area contributed by atoms with Gasteiger partial charge >= 0.3 is 5.97 Å². The van der Waals surface area contributed by atoms with E-state index in [1.165, 1.54) is 0 Å². The van der Waals surface area contributed by atoms with Gasteiger partial charge in [0.05, 0.1) is 12.5 Å². The van der Waals surface area contributed by atoms with E-state index in [1.807, 2.05) is 0 Å². The van der Waals surface area contributed by atoms with Crippen LogP contribution in [0.25, 0.3) is 0 Å². The number of aliphatic carboxylic acids is 1. The van der Waals surface area contributed by atoms with Gasteiger partial charge in [0.25, 0.3) is 0 Å². The van der Waals surface area contributed by atoms with E-state index in [1.54, 1.807) is 6.92 Å². The second kappa shape index (κ2) is 5.33. The van der Waals surface area contributed by atoms with Crippen molar-refractivity contribution in [1.29, 1.82) is 0 Å². The number of Topliss-reactive ketones (excluding diaryl/α,β-unsaturated/α-hetero) is 1. The van der Waals surface area contributed by atoms with Gasteiger partial charge < -0.3 is 16.6 Å². The highest BCUT2D eigenvalue weighted by molar-refractivity contribution is 5.85. The minimum absolute atomic E-state index is 0.0959. The van der Waals surface area contributed by atoms with Crippen LogP contribution in [0.1, 0.15) is 32.6 Å². The first kappa shape index (κ1) is 13.7. The molecule has 0 amide bonds. The number of carbonyl (C=O) groups is 2. The summed E-state index contributed by atoms with van der Waals surface area (Å²) in [7, 11) is 0. The molecule has 96 valence electrons. The second-order valence-electron chi connectivity index (χ2n) is 4.54. The quantitative estimate of drug-likeness (QED) is 0.552. The van der Waals surface area contributed by atoms with Gasteiger partial charge in [-0.15, -0.1) is 0 Å². The Bertz CT molecular complexity index is 336. The van der Waals surface area contributed by atoms with Crippen molar-refractivity contribution in [2.24, 2.45) is 21.7 Å². The van der Waals surface area contributed by atoms with Crippen molar-refractivity contribution < 1.29 is 14.7 Å². The topological polar surface area (TPSA) is 131 Å². The molecular formula is C10H18N4O3. The Hall–Kier alpha value is -1.34. The van der Waals surface area contributed by atoms with E-state index < -0.39 is 23.7 Å². The normalized spacial score (nSPS) is 19.7. The molecule has 0 fully saturated rings. The molecule has 0 bridgehead atoms. The van der Waals surface area contributed by atoms with Crippen LogP contribution in [-0.4, -0.2) is 34.6 Å². The van der Waals surface area contributed by atoms with Crippen molar-refractivity contribution in [3.05, 3.63) is 0 Å². The van der Waals surface area contributed by atoms with Gasteiger partial charge in [-0.05, 0) is 26.2 Å². The Morgan fingerprint density at radius 1 is 1.24 bits per heavy atom. The molecule has 1 unspecified atom stereocenters. The summed E-state index contributed by atoms with van der Waals surface area (Å²) in [4.78, 5) is 22.1. The zero-order valence-electron chi connectivity index (χ0n) is 9.80. The van der Waals surface area contributed by atoms with Gasteiger partial charge in [-0.2, -0.15) is 10.2 Å². The Morgan fingerprint density at radius 2 is 1.76 bits per heavy atom. The predicted molar refractivity (Wildman–Crippen MR) is 60.3 cm³/mol. The van der Waals surface area contributed by atoms with Crippen molar-refractivity contribution in [3.8, 4) is 0 Å². The molecule has 1 rings (SSSR count). The van der Waals surface area contributed by atoms with Crippen molar-refractivity contribution in [2.75, 3.05) is 0 Å². The maximum Gasteiger partial charge on any atom is 0.320 e. The fourth-order valence-corrected chi connectivity index (χ4v) is 1.46. The molecule has 17 heavy (non-hydrogen) atoms. The highest BCUT2D eigenvalue weighted by atomic mass is 16.4. The summed E-state index contributed by atoms with van der Waals surface area (Å²) in [6.45, 7) is 1.76. The highest BCUT2D eigenvalue weighted by Crippen LogP contribution is 2.31. The number of rotatable bonds is 8. The third-order valence-electron chi connectivity index (χ3n) is 2.71. The van der Waals surface area contributed by atoms with Crippen LogP contribution < -0.4 is 11.5 Å². The first-order valence-corrected chi connectivity index (χ1v) is 5.55. The molecule has 0 radical (unpaired) electrons. The smallest absolute Gasteiger partial charge is 0.320 e. The lowest BCUT2D eigenvalue weighted by Gasteiger charge is -2.12. The summed E-state index contributed by atoms with van der Waals surface area (Å²) in [6.07, 6.45) is 1.50. The van der Waals surface area contributed by atoms with Crippen LogP contribution in [0.4, 0.5) is 0 Å². The van der Waals surface area contributed by atoms with Crippen LogP contribution in [0, 0.1) is 0 Å². The van der Waals surface area contributed by atoms with E-state index >= 15 is 0 Å². The lowest BCUT2D eigenvalue weighted by molar-refractivity contribution is -0.138. The number of hydrogen-bond donors (Lipinski definition) is 3. The predicted octanol–water partition coefficient (Wildman–Crippen LogP) is 0.0371. The van der Waals surface area contributed by atoms with Crippen LogP contribution in [0.5, 0.6) is 0 Å². The third kappa shape index (κ3) is 4.58. The zero-order chi connectivity index (χ0) is 13.1. The van der Waals surface area contributed by atoms with E-state index in [4.69, 9.17) is 16.6 Å². The number of ketones is 1. The Balaban J connectivity index is 2.18. The van der Waals surface area contributed by atoms with E-state index in [0.29, 0.717) is 19.3 Å². The van der Waals surface area contributed by atoms with Crippen LogP contribution >= 0.6 is 0 Å². The van der Waals surface area contributed by atoms with Gasteiger partial charge in [0.2, 0.25) is 0 Å². The number of carboxylic acids is 1. The molecule has 7 heteroatoms. The van der Waals surface area contributed by atoms with E-state index in [9.17, 15) is 9.59 Å². The van der Waals surface area contributed by atoms with E-state index in [0.717, 1.165) is 0 Å². The van der Waals surface area contributed by atoms with Crippen LogP contribution in [-0.2, 0) is 9.59 Å². The fraction of sp³-hybridized carbons (Fsp3) is 0.800. The number of carbonyl (C=O) groups excluding carboxylic acids is 1. The number of hydrogen-bond acceptors (Lipinski definition) is 6. The Labute approximate surface area is 99.3 Å². The van der Waals surface area contributed by atoms with Crippen molar-refractivity contribution in [2.45, 2.75) is 50.4 Å². The largest absolute Gasteiger partial charge is 0.480 e. The van der Waals surface area contributed by atoms with Gasteiger partial charge in [-0.25, -0.2) is 0 Å². The molecule has 1 aliphatic rings. The molecule has 0 aromatic carbocycles. The van der Waals surface area contributed by atoms with Gasteiger partial charge in [-0.3, -0.25) is 9.59 Å². The van der Waals surface area contributed by atoms with Crippen molar-refractivity contribution in [1.82, 2.24) is 0 Å². The fourth-order valence-electron chi connectivity index (χ4n) is 1.46. The summed E-state index contributed by atoms with van der Waals surface area (Å²) in [5.74, 6) is -1.13. The van der Waals surface area contributed by atoms with Gasteiger partial charge in [0.1, 0.15) is 6.04 Å². The summed E-state index contributed by atoms with van der Waals surface area (Å²) in [5, 5.41) is 16.0. The Kier molecular flexibility index (Phi) is 4.30. The lowest BCUT2D eigenvalue weighted by atomic mass is 9.98. The molecular weight excluding hydrogens is 224 g/mol.